The summed E-state index contributed by atoms with van der Waals surface area (Å²) in [4.78, 5) is 0. The number of sulfone groups is 1. The van der Waals surface area contributed by atoms with Gasteiger partial charge in [-0.25, -0.2) is 8.42 Å². The zero-order valence-electron chi connectivity index (χ0n) is 8.51. The highest BCUT2D eigenvalue weighted by Gasteiger charge is 2.11. The van der Waals surface area contributed by atoms with Crippen molar-refractivity contribution in [2.24, 2.45) is 0 Å². The molecule has 15 heavy (non-hydrogen) atoms. The van der Waals surface area contributed by atoms with E-state index in [1.807, 2.05) is 0 Å². The third kappa shape index (κ3) is 3.89. The molecule has 0 amide bonds. The maximum atomic E-state index is 11.4. The Kier molecular flexibility index (Phi) is 4.11. The largest absolute Gasteiger partial charge is 0.497 e. The number of ether oxygens (including phenoxy) is 1. The third-order valence-electron chi connectivity index (χ3n) is 1.92. The lowest BCUT2D eigenvalue weighted by Crippen LogP contribution is -2.12. The van der Waals surface area contributed by atoms with Crippen molar-refractivity contribution in [1.82, 2.24) is 0 Å². The van der Waals surface area contributed by atoms with Crippen molar-refractivity contribution in [3.8, 4) is 5.75 Å². The lowest BCUT2D eigenvalue weighted by atomic mass is 10.2. The van der Waals surface area contributed by atoms with Gasteiger partial charge in [-0.05, 0) is 17.7 Å². The van der Waals surface area contributed by atoms with Crippen LogP contribution in [0.25, 0.3) is 0 Å². The van der Waals surface area contributed by atoms with Gasteiger partial charge < -0.3 is 9.84 Å². The van der Waals surface area contributed by atoms with E-state index >= 15 is 0 Å². The van der Waals surface area contributed by atoms with E-state index in [2.05, 4.69) is 0 Å². The standard InChI is InChI=1S/C10H14O4S/c1-14-10-4-2-3-9(7-10)8-15(12,13)6-5-11/h2-4,7,11H,5-6,8H2,1H3. The number of hydrogen-bond donors (Lipinski definition) is 1. The summed E-state index contributed by atoms with van der Waals surface area (Å²) in [7, 11) is -1.69. The SMILES string of the molecule is COc1cccc(CS(=O)(=O)CCO)c1. The molecule has 0 unspecified atom stereocenters. The number of benzene rings is 1. The summed E-state index contributed by atoms with van der Waals surface area (Å²) < 4.78 is 27.8. The van der Waals surface area contributed by atoms with Gasteiger partial charge >= 0.3 is 0 Å². The Bertz CT molecular complexity index is 411. The van der Waals surface area contributed by atoms with Crippen LogP contribution in [-0.2, 0) is 15.6 Å². The van der Waals surface area contributed by atoms with Gasteiger partial charge in [0.05, 0.1) is 25.2 Å². The lowest BCUT2D eigenvalue weighted by Gasteiger charge is -2.04. The molecule has 0 aliphatic carbocycles. The van der Waals surface area contributed by atoms with Crippen LogP contribution in [0.1, 0.15) is 5.56 Å². The molecule has 84 valence electrons. The second-order valence-corrected chi connectivity index (χ2v) is 5.35. The van der Waals surface area contributed by atoms with E-state index in [1.165, 1.54) is 7.11 Å². The molecular weight excluding hydrogens is 216 g/mol. The summed E-state index contributed by atoms with van der Waals surface area (Å²) in [6.45, 7) is -0.341. The summed E-state index contributed by atoms with van der Waals surface area (Å²) in [5, 5.41) is 8.58. The maximum absolute atomic E-state index is 11.4. The van der Waals surface area contributed by atoms with Crippen molar-refractivity contribution >= 4 is 9.84 Å². The van der Waals surface area contributed by atoms with Crippen molar-refractivity contribution in [3.05, 3.63) is 29.8 Å². The van der Waals surface area contributed by atoms with Crippen LogP contribution in [0, 0.1) is 0 Å². The highest BCUT2D eigenvalue weighted by Crippen LogP contribution is 2.14. The molecular formula is C10H14O4S. The first-order valence-corrected chi connectivity index (χ1v) is 6.34. The highest BCUT2D eigenvalue weighted by molar-refractivity contribution is 7.90. The number of aliphatic hydroxyl groups is 1. The van der Waals surface area contributed by atoms with Crippen LogP contribution in [0.4, 0.5) is 0 Å². The molecule has 0 aliphatic rings. The molecule has 1 N–H and O–H groups in total. The fourth-order valence-electron chi connectivity index (χ4n) is 1.23. The van der Waals surface area contributed by atoms with Gasteiger partial charge in [-0.1, -0.05) is 12.1 Å². The van der Waals surface area contributed by atoms with E-state index in [0.717, 1.165) is 0 Å². The molecule has 0 fully saturated rings. The normalized spacial score (nSPS) is 11.3. The Balaban J connectivity index is 2.80. The molecule has 0 aromatic heterocycles. The Labute approximate surface area is 89.4 Å². The van der Waals surface area contributed by atoms with E-state index in [1.54, 1.807) is 24.3 Å². The Morgan fingerprint density at radius 2 is 2.13 bits per heavy atom. The first-order chi connectivity index (χ1) is 7.07. The third-order valence-corrected chi connectivity index (χ3v) is 3.50. The van der Waals surface area contributed by atoms with Crippen LogP contribution < -0.4 is 4.74 Å². The molecule has 1 aromatic carbocycles. The van der Waals surface area contributed by atoms with Crippen molar-refractivity contribution in [2.75, 3.05) is 19.5 Å². The minimum Gasteiger partial charge on any atom is -0.497 e. The fourth-order valence-corrected chi connectivity index (χ4v) is 2.34. The van der Waals surface area contributed by atoms with Gasteiger partial charge in [0.1, 0.15) is 5.75 Å². The van der Waals surface area contributed by atoms with Crippen LogP contribution in [-0.4, -0.2) is 33.0 Å². The predicted molar refractivity (Wildman–Crippen MR) is 57.6 cm³/mol. The lowest BCUT2D eigenvalue weighted by molar-refractivity contribution is 0.319. The van der Waals surface area contributed by atoms with Gasteiger partial charge in [-0.15, -0.1) is 0 Å². The topological polar surface area (TPSA) is 63.6 Å². The highest BCUT2D eigenvalue weighted by atomic mass is 32.2. The van der Waals surface area contributed by atoms with Gasteiger partial charge in [0.2, 0.25) is 0 Å². The minimum atomic E-state index is -3.22. The maximum Gasteiger partial charge on any atom is 0.156 e. The minimum absolute atomic E-state index is 0.0647. The van der Waals surface area contributed by atoms with Crippen molar-refractivity contribution in [3.63, 3.8) is 0 Å². The van der Waals surface area contributed by atoms with E-state index in [4.69, 9.17) is 9.84 Å². The molecule has 5 heteroatoms. The number of rotatable bonds is 5. The molecule has 0 aliphatic heterocycles. The fraction of sp³-hybridized carbons (Fsp3) is 0.400. The zero-order valence-corrected chi connectivity index (χ0v) is 9.33. The van der Waals surface area contributed by atoms with Crippen LogP contribution in [0.3, 0.4) is 0 Å². The van der Waals surface area contributed by atoms with Gasteiger partial charge in [-0.3, -0.25) is 0 Å². The predicted octanol–water partition coefficient (Wildman–Crippen LogP) is 0.602. The van der Waals surface area contributed by atoms with E-state index in [-0.39, 0.29) is 18.1 Å². The van der Waals surface area contributed by atoms with Crippen LogP contribution in [0.5, 0.6) is 5.75 Å². The van der Waals surface area contributed by atoms with Crippen molar-refractivity contribution < 1.29 is 18.3 Å². The smallest absolute Gasteiger partial charge is 0.156 e. The van der Waals surface area contributed by atoms with Crippen molar-refractivity contribution in [2.45, 2.75) is 5.75 Å². The monoisotopic (exact) mass is 230 g/mol. The average Bonchev–Trinajstić information content (AvgIpc) is 2.17. The first kappa shape index (κ1) is 12.0. The van der Waals surface area contributed by atoms with Gasteiger partial charge in [0, 0.05) is 0 Å². The second-order valence-electron chi connectivity index (χ2n) is 3.17. The van der Waals surface area contributed by atoms with Gasteiger partial charge in [0.15, 0.2) is 9.84 Å². The molecule has 0 heterocycles. The Morgan fingerprint density at radius 3 is 2.73 bits per heavy atom. The van der Waals surface area contributed by atoms with Crippen LogP contribution in [0.2, 0.25) is 0 Å². The van der Waals surface area contributed by atoms with Gasteiger partial charge in [-0.2, -0.15) is 0 Å². The number of hydrogen-bond acceptors (Lipinski definition) is 4. The van der Waals surface area contributed by atoms with Crippen molar-refractivity contribution in [1.29, 1.82) is 0 Å². The summed E-state index contributed by atoms with van der Waals surface area (Å²) in [6, 6.07) is 6.89. The first-order valence-electron chi connectivity index (χ1n) is 4.51. The molecule has 1 aromatic rings. The molecule has 1 rings (SSSR count). The van der Waals surface area contributed by atoms with Crippen LogP contribution >= 0.6 is 0 Å². The molecule has 0 spiro atoms. The Morgan fingerprint density at radius 1 is 1.40 bits per heavy atom. The van der Waals surface area contributed by atoms with Crippen LogP contribution in [0.15, 0.2) is 24.3 Å². The summed E-state index contributed by atoms with van der Waals surface area (Å²) in [5.41, 5.74) is 0.669. The van der Waals surface area contributed by atoms with E-state index in [9.17, 15) is 8.42 Å². The quantitative estimate of drug-likeness (QED) is 0.804. The molecule has 0 bridgehead atoms. The molecule has 0 saturated carbocycles. The Hall–Kier alpha value is -1.07. The summed E-state index contributed by atoms with van der Waals surface area (Å²) in [5.74, 6) is 0.362. The van der Waals surface area contributed by atoms with Gasteiger partial charge in [0.25, 0.3) is 0 Å². The number of aliphatic hydroxyl groups excluding tert-OH is 1. The average molecular weight is 230 g/mol. The molecule has 0 saturated heterocycles. The van der Waals surface area contributed by atoms with E-state index < -0.39 is 9.84 Å². The van der Waals surface area contributed by atoms with E-state index in [0.29, 0.717) is 11.3 Å². The second kappa shape index (κ2) is 5.14. The molecule has 0 radical (unpaired) electrons. The molecule has 4 nitrogen and oxygen atoms in total. The summed E-state index contributed by atoms with van der Waals surface area (Å²) >= 11 is 0. The molecule has 0 atom stereocenters. The zero-order chi connectivity index (χ0) is 11.3. The summed E-state index contributed by atoms with van der Waals surface area (Å²) in [6.07, 6.45) is 0. The number of methoxy groups -OCH3 is 1.